The van der Waals surface area contributed by atoms with Crippen molar-refractivity contribution in [1.29, 1.82) is 0 Å². The molecule has 3 N–H and O–H groups in total. The third kappa shape index (κ3) is 4.03. The molecule has 2 fully saturated rings. The van der Waals surface area contributed by atoms with Gasteiger partial charge in [-0.2, -0.15) is 9.97 Å². The summed E-state index contributed by atoms with van der Waals surface area (Å²) in [5.41, 5.74) is 0.657. The van der Waals surface area contributed by atoms with Crippen LogP contribution in [0, 0.1) is 29.9 Å². The molecule has 0 amide bonds. The van der Waals surface area contributed by atoms with Crippen LogP contribution in [-0.4, -0.2) is 64.5 Å². The van der Waals surface area contributed by atoms with Gasteiger partial charge in [-0.25, -0.2) is 8.78 Å². The number of pyridine rings is 1. The molecule has 3 heterocycles. The summed E-state index contributed by atoms with van der Waals surface area (Å²) in [5.74, 6) is 1.62. The van der Waals surface area contributed by atoms with Gasteiger partial charge in [0.25, 0.3) is 0 Å². The van der Waals surface area contributed by atoms with Crippen molar-refractivity contribution >= 4 is 33.2 Å². The summed E-state index contributed by atoms with van der Waals surface area (Å²) in [6.07, 6.45) is 7.99. The fourth-order valence-electron chi connectivity index (χ4n) is 5.11. The van der Waals surface area contributed by atoms with Gasteiger partial charge in [-0.05, 0) is 30.0 Å². The molecule has 1 aliphatic carbocycles. The number of halogens is 2. The Morgan fingerprint density at radius 1 is 1.26 bits per heavy atom. The van der Waals surface area contributed by atoms with Gasteiger partial charge < -0.3 is 29.9 Å². The van der Waals surface area contributed by atoms with E-state index in [1.807, 2.05) is 4.90 Å². The number of anilines is 2. The molecule has 6 rings (SSSR count). The zero-order valence-corrected chi connectivity index (χ0v) is 20.3. The SMILES string of the molecule is C#Cc1c(F)ccc2cc(NC)cc(-c3ncc4c(N5CCOCC6CC65)nc(OC(O)O)nc4c3F)c12. The molecule has 9 nitrogen and oxygen atoms in total. The summed E-state index contributed by atoms with van der Waals surface area (Å²) in [5, 5.41) is 23.1. The van der Waals surface area contributed by atoms with Crippen molar-refractivity contribution in [2.24, 2.45) is 5.92 Å². The largest absolute Gasteiger partial charge is 0.408 e. The highest BCUT2D eigenvalue weighted by Crippen LogP contribution is 2.43. The molecule has 11 heteroatoms. The lowest BCUT2D eigenvalue weighted by Gasteiger charge is -2.24. The first-order valence-corrected chi connectivity index (χ1v) is 12.0. The molecule has 194 valence electrons. The molecule has 4 aromatic rings. The Hall–Kier alpha value is -4.11. The summed E-state index contributed by atoms with van der Waals surface area (Å²) >= 11 is 0. The first-order chi connectivity index (χ1) is 18.4. The third-order valence-corrected chi connectivity index (χ3v) is 6.98. The maximum absolute atomic E-state index is 16.4. The van der Waals surface area contributed by atoms with Gasteiger partial charge in [0.1, 0.15) is 22.8 Å². The zero-order valence-electron chi connectivity index (χ0n) is 20.3. The zero-order chi connectivity index (χ0) is 26.6. The van der Waals surface area contributed by atoms with Crippen LogP contribution in [0.1, 0.15) is 12.0 Å². The van der Waals surface area contributed by atoms with Gasteiger partial charge >= 0.3 is 12.5 Å². The summed E-state index contributed by atoms with van der Waals surface area (Å²) in [6.45, 7) is -0.627. The predicted octanol–water partition coefficient (Wildman–Crippen LogP) is 3.02. The second-order valence-electron chi connectivity index (χ2n) is 9.23. The van der Waals surface area contributed by atoms with Crippen LogP contribution in [0.3, 0.4) is 0 Å². The predicted molar refractivity (Wildman–Crippen MR) is 137 cm³/mol. The second kappa shape index (κ2) is 9.33. The molecule has 0 spiro atoms. The van der Waals surface area contributed by atoms with Crippen molar-refractivity contribution in [3.8, 4) is 29.6 Å². The molecule has 2 unspecified atom stereocenters. The number of hydrogen-bond acceptors (Lipinski definition) is 9. The van der Waals surface area contributed by atoms with Gasteiger partial charge in [-0.15, -0.1) is 6.42 Å². The quantitative estimate of drug-likeness (QED) is 0.271. The van der Waals surface area contributed by atoms with Crippen LogP contribution in [0.2, 0.25) is 0 Å². The van der Waals surface area contributed by atoms with E-state index in [0.29, 0.717) is 53.3 Å². The minimum atomic E-state index is -2.21. The molecular weight excluding hydrogens is 496 g/mol. The molecule has 1 aliphatic heterocycles. The number of nitrogens with one attached hydrogen (secondary N) is 1. The molecule has 0 bridgehead atoms. The van der Waals surface area contributed by atoms with E-state index in [-0.39, 0.29) is 28.4 Å². The summed E-state index contributed by atoms with van der Waals surface area (Å²) in [6, 6.07) is 5.98. The Morgan fingerprint density at radius 2 is 2.11 bits per heavy atom. The number of benzene rings is 2. The summed E-state index contributed by atoms with van der Waals surface area (Å²) in [4.78, 5) is 14.9. The van der Waals surface area contributed by atoms with Crippen molar-refractivity contribution in [3.63, 3.8) is 0 Å². The Morgan fingerprint density at radius 3 is 2.87 bits per heavy atom. The molecule has 2 atom stereocenters. The van der Waals surface area contributed by atoms with Gasteiger partial charge in [-0.1, -0.05) is 12.0 Å². The smallest absolute Gasteiger partial charge is 0.323 e. The van der Waals surface area contributed by atoms with Gasteiger partial charge in [0.2, 0.25) is 0 Å². The average molecular weight is 520 g/mol. The van der Waals surface area contributed by atoms with Crippen LogP contribution in [0.5, 0.6) is 6.01 Å². The molecule has 2 aromatic heterocycles. The van der Waals surface area contributed by atoms with Crippen LogP contribution in [0.15, 0.2) is 30.5 Å². The van der Waals surface area contributed by atoms with Crippen LogP contribution in [0.4, 0.5) is 20.3 Å². The minimum Gasteiger partial charge on any atom is -0.408 e. The highest BCUT2D eigenvalue weighted by molar-refractivity contribution is 6.04. The molecule has 38 heavy (non-hydrogen) atoms. The van der Waals surface area contributed by atoms with Gasteiger partial charge in [0.15, 0.2) is 5.82 Å². The highest BCUT2D eigenvalue weighted by atomic mass is 19.1. The number of aromatic nitrogens is 3. The lowest BCUT2D eigenvalue weighted by atomic mass is 9.95. The number of ether oxygens (including phenoxy) is 2. The van der Waals surface area contributed by atoms with Crippen LogP contribution < -0.4 is 15.0 Å². The number of aliphatic hydroxyl groups excluding tert-OH is 1. The van der Waals surface area contributed by atoms with E-state index >= 15 is 4.39 Å². The Balaban J connectivity index is 1.61. The number of hydrogen-bond donors (Lipinski definition) is 3. The monoisotopic (exact) mass is 519 g/mol. The Bertz CT molecular complexity index is 1620. The number of fused-ring (bicyclic) bond motifs is 3. The van der Waals surface area contributed by atoms with E-state index in [1.54, 1.807) is 25.2 Å². The average Bonchev–Trinajstić information content (AvgIpc) is 3.69. The van der Waals surface area contributed by atoms with Crippen molar-refractivity contribution in [2.75, 3.05) is 37.0 Å². The number of nitrogens with zero attached hydrogens (tertiary/aromatic N) is 4. The van der Waals surface area contributed by atoms with Crippen molar-refractivity contribution in [2.45, 2.75) is 18.9 Å². The molecule has 1 saturated carbocycles. The lowest BCUT2D eigenvalue weighted by Crippen LogP contribution is -2.30. The maximum atomic E-state index is 16.4. The maximum Gasteiger partial charge on any atom is 0.323 e. The first kappa shape index (κ1) is 24.2. The van der Waals surface area contributed by atoms with Crippen LogP contribution in [-0.2, 0) is 4.74 Å². The fraction of sp³-hybridized carbons (Fsp3) is 0.296. The lowest BCUT2D eigenvalue weighted by molar-refractivity contribution is -0.183. The molecule has 2 aliphatic rings. The van der Waals surface area contributed by atoms with Gasteiger partial charge in [-0.3, -0.25) is 4.98 Å². The Kier molecular flexibility index (Phi) is 5.95. The van der Waals surface area contributed by atoms with Crippen molar-refractivity contribution < 1.29 is 28.5 Å². The van der Waals surface area contributed by atoms with E-state index in [1.165, 1.54) is 12.3 Å². The van der Waals surface area contributed by atoms with Crippen molar-refractivity contribution in [3.05, 3.63) is 47.7 Å². The molecular formula is C27H23F2N5O4. The van der Waals surface area contributed by atoms with E-state index in [4.69, 9.17) is 15.9 Å². The first-order valence-electron chi connectivity index (χ1n) is 12.0. The number of aliphatic hydroxyl groups is 2. The molecule has 1 saturated heterocycles. The Labute approximate surface area is 216 Å². The minimum absolute atomic E-state index is 0.0124. The summed E-state index contributed by atoms with van der Waals surface area (Å²) in [7, 11) is 1.71. The van der Waals surface area contributed by atoms with E-state index in [9.17, 15) is 14.6 Å². The van der Waals surface area contributed by atoms with Gasteiger partial charge in [0, 0.05) is 48.4 Å². The molecule has 0 radical (unpaired) electrons. The van der Waals surface area contributed by atoms with Crippen molar-refractivity contribution in [1.82, 2.24) is 15.0 Å². The van der Waals surface area contributed by atoms with E-state index in [2.05, 4.69) is 26.2 Å². The van der Waals surface area contributed by atoms with E-state index < -0.39 is 24.1 Å². The fourth-order valence-corrected chi connectivity index (χ4v) is 5.11. The topological polar surface area (TPSA) is 113 Å². The van der Waals surface area contributed by atoms with Crippen LogP contribution >= 0.6 is 0 Å². The standard InChI is InChI=1S/C27H23F2N5O4/c1-3-16-19(28)5-4-13-8-15(30-2)10-17(21(13)16)23-22(29)24-18(11-31-23)25(33-26(32-24)38-27(35)36)34-6-7-37-12-14-9-20(14)34/h1,4-5,8,10-11,14,20,27,30,35-36H,6-7,9,12H2,2H3. The summed E-state index contributed by atoms with van der Waals surface area (Å²) < 4.78 is 41.7. The second-order valence-corrected chi connectivity index (χ2v) is 9.23. The number of terminal acetylenes is 1. The van der Waals surface area contributed by atoms with Gasteiger partial charge in [0.05, 0.1) is 24.2 Å². The molecule has 2 aromatic carbocycles. The third-order valence-electron chi connectivity index (χ3n) is 6.98. The van der Waals surface area contributed by atoms with E-state index in [0.717, 1.165) is 6.42 Å². The van der Waals surface area contributed by atoms with Crippen LogP contribution in [0.25, 0.3) is 32.9 Å². The highest BCUT2D eigenvalue weighted by Gasteiger charge is 2.44. The number of rotatable bonds is 5. The normalized spacial score (nSPS) is 18.8.